The smallest absolute Gasteiger partial charge is 0.161 e. The van der Waals surface area contributed by atoms with Gasteiger partial charge < -0.3 is 14.4 Å². The van der Waals surface area contributed by atoms with E-state index in [1.54, 1.807) is 19.2 Å². The Morgan fingerprint density at radius 1 is 1.57 bits per heavy atom. The zero-order valence-electron chi connectivity index (χ0n) is 8.27. The topological polar surface area (TPSA) is 51.5 Å². The minimum absolute atomic E-state index is 0.0460. The van der Waals surface area contributed by atoms with Crippen LogP contribution >= 0.6 is 0 Å². The Morgan fingerprint density at radius 3 is 2.93 bits per heavy atom. The fourth-order valence-corrected chi connectivity index (χ4v) is 1.12. The predicted molar refractivity (Wildman–Crippen MR) is 52.3 cm³/mol. The van der Waals surface area contributed by atoms with Crippen LogP contribution in [0.25, 0.3) is 0 Å². The molecule has 0 spiro atoms. The average Bonchev–Trinajstić information content (AvgIpc) is 2.61. The first kappa shape index (κ1) is 10.9. The molecule has 4 nitrogen and oxygen atoms in total. The zero-order valence-corrected chi connectivity index (χ0v) is 8.27. The Bertz CT molecular complexity index is 293. The Balaban J connectivity index is 2.33. The molecule has 1 N–H and O–H groups in total. The van der Waals surface area contributed by atoms with Crippen LogP contribution in [0.3, 0.4) is 0 Å². The maximum atomic E-state index is 11.0. The minimum Gasteiger partial charge on any atom is -0.394 e. The summed E-state index contributed by atoms with van der Waals surface area (Å²) in [4.78, 5) is 11.0. The number of aliphatic hydroxyl groups is 1. The molecule has 0 unspecified atom stereocenters. The summed E-state index contributed by atoms with van der Waals surface area (Å²) in [6.45, 7) is 3.20. The molecule has 1 rings (SSSR count). The third kappa shape index (κ3) is 3.32. The Hall–Kier alpha value is -1.13. The van der Waals surface area contributed by atoms with E-state index in [-0.39, 0.29) is 12.4 Å². The number of nitrogens with zero attached hydrogens (tertiary/aromatic N) is 1. The molecule has 0 saturated heterocycles. The van der Waals surface area contributed by atoms with Crippen molar-refractivity contribution in [3.8, 4) is 0 Å². The molecular formula is C10H15NO3. The molecule has 14 heavy (non-hydrogen) atoms. The number of aliphatic hydroxyl groups excluding tert-OH is 1. The van der Waals surface area contributed by atoms with Crippen LogP contribution in [0.2, 0.25) is 0 Å². The monoisotopic (exact) mass is 197 g/mol. The Morgan fingerprint density at radius 2 is 2.36 bits per heavy atom. The summed E-state index contributed by atoms with van der Waals surface area (Å²) in [5, 5.41) is 8.46. The molecule has 0 amide bonds. The summed E-state index contributed by atoms with van der Waals surface area (Å²) >= 11 is 0. The fourth-order valence-electron chi connectivity index (χ4n) is 1.12. The molecule has 1 aromatic rings. The van der Waals surface area contributed by atoms with Crippen LogP contribution in [0.4, 0.5) is 0 Å². The van der Waals surface area contributed by atoms with Gasteiger partial charge in [-0.3, -0.25) is 4.79 Å². The number of ether oxygens (including phenoxy) is 1. The van der Waals surface area contributed by atoms with Crippen molar-refractivity contribution in [1.82, 2.24) is 4.57 Å². The first-order valence-electron chi connectivity index (χ1n) is 4.59. The van der Waals surface area contributed by atoms with Gasteiger partial charge in [-0.15, -0.1) is 0 Å². The zero-order chi connectivity index (χ0) is 10.4. The normalized spacial score (nSPS) is 10.4. The predicted octanol–water partition coefficient (Wildman–Crippen LogP) is 0.700. The second-order valence-corrected chi connectivity index (χ2v) is 3.03. The minimum atomic E-state index is 0.0460. The molecule has 1 heterocycles. The molecule has 78 valence electrons. The van der Waals surface area contributed by atoms with Gasteiger partial charge in [0.05, 0.1) is 19.8 Å². The van der Waals surface area contributed by atoms with Gasteiger partial charge in [-0.1, -0.05) is 0 Å². The van der Waals surface area contributed by atoms with Crippen LogP contribution in [-0.4, -0.2) is 35.3 Å². The van der Waals surface area contributed by atoms with Crippen LogP contribution in [0.5, 0.6) is 0 Å². The van der Waals surface area contributed by atoms with Gasteiger partial charge in [0.25, 0.3) is 0 Å². The fraction of sp³-hybridized carbons (Fsp3) is 0.500. The van der Waals surface area contributed by atoms with Crippen LogP contribution in [-0.2, 0) is 11.3 Å². The molecule has 0 aromatic carbocycles. The lowest BCUT2D eigenvalue weighted by Crippen LogP contribution is -2.07. The molecule has 0 atom stereocenters. The number of hydrogen-bond acceptors (Lipinski definition) is 3. The van der Waals surface area contributed by atoms with E-state index in [9.17, 15) is 4.79 Å². The van der Waals surface area contributed by atoms with Crippen molar-refractivity contribution in [3.63, 3.8) is 0 Å². The highest BCUT2D eigenvalue weighted by Gasteiger charge is 2.00. The van der Waals surface area contributed by atoms with E-state index < -0.39 is 0 Å². The quantitative estimate of drug-likeness (QED) is 0.539. The summed E-state index contributed by atoms with van der Waals surface area (Å²) in [6.07, 6.45) is 3.64. The molecular weight excluding hydrogens is 182 g/mol. The van der Waals surface area contributed by atoms with E-state index in [1.807, 2.05) is 10.8 Å². The number of rotatable bonds is 6. The molecule has 4 heteroatoms. The van der Waals surface area contributed by atoms with Crippen LogP contribution in [0.15, 0.2) is 18.5 Å². The number of carbonyl (C=O) groups excluding carboxylic acids is 1. The highest BCUT2D eigenvalue weighted by atomic mass is 16.5. The van der Waals surface area contributed by atoms with E-state index in [4.69, 9.17) is 9.84 Å². The molecule has 0 aliphatic rings. The van der Waals surface area contributed by atoms with Gasteiger partial charge >= 0.3 is 0 Å². The Labute approximate surface area is 83.1 Å². The first-order valence-corrected chi connectivity index (χ1v) is 4.59. The van der Waals surface area contributed by atoms with Crippen molar-refractivity contribution in [3.05, 3.63) is 24.0 Å². The van der Waals surface area contributed by atoms with Crippen LogP contribution < -0.4 is 0 Å². The van der Waals surface area contributed by atoms with Gasteiger partial charge in [-0.25, -0.2) is 0 Å². The van der Waals surface area contributed by atoms with E-state index in [0.717, 1.165) is 0 Å². The standard InChI is InChI=1S/C10H15NO3/c1-9(13)10-2-3-11(8-10)4-6-14-7-5-12/h2-3,8,12H,4-7H2,1H3. The summed E-state index contributed by atoms with van der Waals surface area (Å²) in [5.74, 6) is 0.0695. The molecule has 0 fully saturated rings. The second-order valence-electron chi connectivity index (χ2n) is 3.03. The number of carbonyl (C=O) groups is 1. The van der Waals surface area contributed by atoms with Crippen molar-refractivity contribution < 1.29 is 14.6 Å². The number of hydrogen-bond donors (Lipinski definition) is 1. The van der Waals surface area contributed by atoms with Gasteiger partial charge in [0, 0.05) is 24.5 Å². The largest absolute Gasteiger partial charge is 0.394 e. The Kier molecular flexibility index (Phi) is 4.35. The van der Waals surface area contributed by atoms with E-state index in [1.165, 1.54) is 0 Å². The maximum absolute atomic E-state index is 11.0. The molecule has 0 aliphatic heterocycles. The summed E-state index contributed by atoms with van der Waals surface area (Å²) in [5.41, 5.74) is 0.715. The van der Waals surface area contributed by atoms with E-state index >= 15 is 0 Å². The number of ketones is 1. The van der Waals surface area contributed by atoms with Gasteiger partial charge in [0.2, 0.25) is 0 Å². The van der Waals surface area contributed by atoms with Crippen molar-refractivity contribution >= 4 is 5.78 Å². The molecule has 0 bridgehead atoms. The van der Waals surface area contributed by atoms with Crippen molar-refractivity contribution in [2.75, 3.05) is 19.8 Å². The SMILES string of the molecule is CC(=O)c1ccn(CCOCCO)c1. The van der Waals surface area contributed by atoms with Crippen molar-refractivity contribution in [1.29, 1.82) is 0 Å². The lowest BCUT2D eigenvalue weighted by molar-refractivity contribution is 0.0870. The summed E-state index contributed by atoms with van der Waals surface area (Å²) in [7, 11) is 0. The van der Waals surface area contributed by atoms with Gasteiger partial charge in [-0.05, 0) is 13.0 Å². The summed E-state index contributed by atoms with van der Waals surface area (Å²) < 4.78 is 7.00. The lowest BCUT2D eigenvalue weighted by atomic mass is 10.2. The lowest BCUT2D eigenvalue weighted by Gasteiger charge is -2.02. The third-order valence-electron chi connectivity index (χ3n) is 1.89. The van der Waals surface area contributed by atoms with Gasteiger partial charge in [-0.2, -0.15) is 0 Å². The highest BCUT2D eigenvalue weighted by Crippen LogP contribution is 2.01. The second kappa shape index (κ2) is 5.57. The average molecular weight is 197 g/mol. The maximum Gasteiger partial charge on any atom is 0.161 e. The van der Waals surface area contributed by atoms with Crippen LogP contribution in [0.1, 0.15) is 17.3 Å². The molecule has 0 radical (unpaired) electrons. The molecule has 1 aromatic heterocycles. The first-order chi connectivity index (χ1) is 6.74. The van der Waals surface area contributed by atoms with Crippen molar-refractivity contribution in [2.24, 2.45) is 0 Å². The van der Waals surface area contributed by atoms with E-state index in [0.29, 0.717) is 25.3 Å². The van der Waals surface area contributed by atoms with E-state index in [2.05, 4.69) is 0 Å². The number of aromatic nitrogens is 1. The van der Waals surface area contributed by atoms with Gasteiger partial charge in [0.1, 0.15) is 0 Å². The highest BCUT2D eigenvalue weighted by molar-refractivity contribution is 5.93. The summed E-state index contributed by atoms with van der Waals surface area (Å²) in [6, 6.07) is 1.79. The molecule has 0 aliphatic carbocycles. The molecule has 0 saturated carbocycles. The van der Waals surface area contributed by atoms with Gasteiger partial charge in [0.15, 0.2) is 5.78 Å². The number of Topliss-reactive ketones (excluding diaryl/α,β-unsaturated/α-hetero) is 1. The van der Waals surface area contributed by atoms with Crippen LogP contribution in [0, 0.1) is 0 Å². The third-order valence-corrected chi connectivity index (χ3v) is 1.89. The van der Waals surface area contributed by atoms with Crippen molar-refractivity contribution in [2.45, 2.75) is 13.5 Å².